The van der Waals surface area contributed by atoms with E-state index in [4.69, 9.17) is 4.42 Å². The van der Waals surface area contributed by atoms with Gasteiger partial charge < -0.3 is 13.9 Å². The number of pyridine rings is 1. The number of para-hydroxylation sites is 1. The number of amides is 1. The Morgan fingerprint density at radius 1 is 1.20 bits per heavy atom. The minimum absolute atomic E-state index is 0.0393. The number of hydrogen-bond donors (Lipinski definition) is 0. The molecule has 152 valence electrons. The summed E-state index contributed by atoms with van der Waals surface area (Å²) >= 11 is 0. The number of carbonyl (C=O) groups excluding carboxylic acids is 1. The van der Waals surface area contributed by atoms with E-state index in [9.17, 15) is 4.79 Å². The molecule has 1 aliphatic rings. The molecule has 1 aliphatic heterocycles. The number of aromatic nitrogens is 3. The van der Waals surface area contributed by atoms with Gasteiger partial charge in [0.25, 0.3) is 5.91 Å². The van der Waals surface area contributed by atoms with E-state index in [0.717, 1.165) is 48.3 Å². The van der Waals surface area contributed by atoms with Crippen LogP contribution in [0.15, 0.2) is 65.6 Å². The maximum Gasteiger partial charge on any atom is 0.289 e. The molecule has 5 rings (SSSR count). The molecule has 0 spiro atoms. The van der Waals surface area contributed by atoms with Crippen molar-refractivity contribution in [1.82, 2.24) is 19.4 Å². The normalized spacial score (nSPS) is 16.8. The molecular formula is C24H24N4O2. The lowest BCUT2D eigenvalue weighted by Gasteiger charge is -2.32. The van der Waals surface area contributed by atoms with Crippen molar-refractivity contribution in [3.05, 3.63) is 83.9 Å². The number of likely N-dealkylation sites (tertiary alicyclic amines) is 1. The Bertz CT molecular complexity index is 1180. The van der Waals surface area contributed by atoms with Crippen molar-refractivity contribution in [3.8, 4) is 0 Å². The number of benzene rings is 1. The molecule has 4 heterocycles. The second-order valence-corrected chi connectivity index (χ2v) is 7.96. The van der Waals surface area contributed by atoms with E-state index in [1.165, 1.54) is 5.56 Å². The Labute approximate surface area is 175 Å². The van der Waals surface area contributed by atoms with Crippen LogP contribution in [-0.2, 0) is 6.54 Å². The number of carbonyl (C=O) groups is 1. The van der Waals surface area contributed by atoms with Crippen molar-refractivity contribution in [1.29, 1.82) is 0 Å². The second kappa shape index (κ2) is 7.78. The summed E-state index contributed by atoms with van der Waals surface area (Å²) in [5, 5.41) is 0.972. The number of nitrogens with zero attached hydrogens (tertiary/aromatic N) is 4. The first-order valence-corrected chi connectivity index (χ1v) is 10.4. The van der Waals surface area contributed by atoms with E-state index in [1.54, 1.807) is 0 Å². The fourth-order valence-corrected chi connectivity index (χ4v) is 4.34. The number of rotatable bonds is 4. The van der Waals surface area contributed by atoms with Gasteiger partial charge >= 0.3 is 0 Å². The minimum Gasteiger partial charge on any atom is -0.451 e. The van der Waals surface area contributed by atoms with Crippen LogP contribution in [0, 0.1) is 6.92 Å². The average molecular weight is 400 g/mol. The smallest absolute Gasteiger partial charge is 0.289 e. The first-order valence-electron chi connectivity index (χ1n) is 10.4. The highest BCUT2D eigenvalue weighted by molar-refractivity contribution is 5.96. The summed E-state index contributed by atoms with van der Waals surface area (Å²) in [5.41, 5.74) is 3.02. The molecule has 3 aromatic heterocycles. The van der Waals surface area contributed by atoms with Crippen LogP contribution < -0.4 is 0 Å². The van der Waals surface area contributed by atoms with Crippen LogP contribution in [0.2, 0.25) is 0 Å². The Morgan fingerprint density at radius 2 is 2.07 bits per heavy atom. The largest absolute Gasteiger partial charge is 0.451 e. The van der Waals surface area contributed by atoms with Gasteiger partial charge in [-0.3, -0.25) is 9.78 Å². The van der Waals surface area contributed by atoms with Crippen LogP contribution in [0.25, 0.3) is 11.0 Å². The molecule has 30 heavy (non-hydrogen) atoms. The predicted octanol–water partition coefficient (Wildman–Crippen LogP) is 4.40. The van der Waals surface area contributed by atoms with E-state index < -0.39 is 0 Å². The topological polar surface area (TPSA) is 64.2 Å². The third-order valence-electron chi connectivity index (χ3n) is 5.88. The van der Waals surface area contributed by atoms with Crippen LogP contribution >= 0.6 is 0 Å². The monoisotopic (exact) mass is 400 g/mol. The molecule has 1 amide bonds. The zero-order valence-corrected chi connectivity index (χ0v) is 17.0. The first-order chi connectivity index (χ1) is 14.7. The molecule has 0 N–H and O–H groups in total. The Morgan fingerprint density at radius 3 is 2.90 bits per heavy atom. The van der Waals surface area contributed by atoms with Crippen molar-refractivity contribution < 1.29 is 9.21 Å². The van der Waals surface area contributed by atoms with E-state index >= 15 is 0 Å². The highest BCUT2D eigenvalue weighted by atomic mass is 16.3. The summed E-state index contributed by atoms with van der Waals surface area (Å²) in [6, 6.07) is 11.9. The molecule has 0 unspecified atom stereocenters. The molecule has 6 heteroatoms. The zero-order valence-electron chi connectivity index (χ0n) is 17.0. The van der Waals surface area contributed by atoms with Crippen LogP contribution in [-0.4, -0.2) is 38.4 Å². The molecular weight excluding hydrogens is 376 g/mol. The maximum absolute atomic E-state index is 13.2. The van der Waals surface area contributed by atoms with Gasteiger partial charge in [0.05, 0.1) is 0 Å². The quantitative estimate of drug-likeness (QED) is 0.509. The van der Waals surface area contributed by atoms with Gasteiger partial charge in [0.1, 0.15) is 11.4 Å². The van der Waals surface area contributed by atoms with Gasteiger partial charge in [-0.15, -0.1) is 0 Å². The van der Waals surface area contributed by atoms with Gasteiger partial charge in [0, 0.05) is 55.7 Å². The van der Waals surface area contributed by atoms with Crippen molar-refractivity contribution in [2.45, 2.75) is 32.2 Å². The summed E-state index contributed by atoms with van der Waals surface area (Å²) in [6.45, 7) is 4.16. The molecule has 0 radical (unpaired) electrons. The molecule has 1 atom stereocenters. The van der Waals surface area contributed by atoms with Crippen molar-refractivity contribution in [2.75, 3.05) is 13.1 Å². The number of hydrogen-bond acceptors (Lipinski definition) is 4. The summed E-state index contributed by atoms with van der Waals surface area (Å²) in [5.74, 6) is 1.62. The third-order valence-corrected chi connectivity index (χ3v) is 5.88. The maximum atomic E-state index is 13.2. The number of piperidine rings is 1. The van der Waals surface area contributed by atoms with Gasteiger partial charge in [-0.25, -0.2) is 4.98 Å². The van der Waals surface area contributed by atoms with E-state index in [1.807, 2.05) is 73.0 Å². The third kappa shape index (κ3) is 3.49. The highest BCUT2D eigenvalue weighted by Crippen LogP contribution is 2.29. The molecule has 0 aliphatic carbocycles. The molecule has 0 bridgehead atoms. The van der Waals surface area contributed by atoms with Gasteiger partial charge in [0.15, 0.2) is 5.76 Å². The fourth-order valence-electron chi connectivity index (χ4n) is 4.34. The minimum atomic E-state index is -0.0393. The van der Waals surface area contributed by atoms with Gasteiger partial charge in [0.2, 0.25) is 0 Å². The van der Waals surface area contributed by atoms with E-state index in [-0.39, 0.29) is 11.8 Å². The van der Waals surface area contributed by atoms with E-state index in [2.05, 4.69) is 14.5 Å². The van der Waals surface area contributed by atoms with Crippen LogP contribution in [0.5, 0.6) is 0 Å². The highest BCUT2D eigenvalue weighted by Gasteiger charge is 2.29. The Kier molecular flexibility index (Phi) is 4.83. The molecule has 1 aromatic carbocycles. The molecule has 6 nitrogen and oxygen atoms in total. The lowest BCUT2D eigenvalue weighted by atomic mass is 9.96. The van der Waals surface area contributed by atoms with Gasteiger partial charge in [-0.1, -0.05) is 18.2 Å². The standard InChI is InChI=1S/C24H24N4O2/c1-17-4-2-5-19-14-21(30-22(17)19)24(29)28-12-3-6-20(16-28)23-26-11-13-27(23)15-18-7-9-25-10-8-18/h2,4-5,7-11,13-14,20H,3,6,12,15-16H2,1H3/t20-/m1/s1. The lowest BCUT2D eigenvalue weighted by molar-refractivity contribution is 0.0673. The SMILES string of the molecule is Cc1cccc2cc(C(=O)N3CCC[C@@H](c4nccn4Cc4ccncc4)C3)oc12. The Balaban J connectivity index is 1.35. The molecule has 1 fully saturated rings. The molecule has 1 saturated heterocycles. The molecule has 4 aromatic rings. The fraction of sp³-hybridized carbons (Fsp3) is 0.292. The van der Waals surface area contributed by atoms with E-state index in [0.29, 0.717) is 12.3 Å². The van der Waals surface area contributed by atoms with Gasteiger partial charge in [-0.05, 0) is 49.1 Å². The van der Waals surface area contributed by atoms with Crippen LogP contribution in [0.1, 0.15) is 46.3 Å². The summed E-state index contributed by atoms with van der Waals surface area (Å²) in [7, 11) is 0. The number of fused-ring (bicyclic) bond motifs is 1. The Hall–Kier alpha value is -3.41. The van der Waals surface area contributed by atoms with Crippen LogP contribution in [0.4, 0.5) is 0 Å². The summed E-state index contributed by atoms with van der Waals surface area (Å²) in [6.07, 6.45) is 9.45. The van der Waals surface area contributed by atoms with Crippen molar-refractivity contribution in [3.63, 3.8) is 0 Å². The predicted molar refractivity (Wildman–Crippen MR) is 114 cm³/mol. The first kappa shape index (κ1) is 18.6. The van der Waals surface area contributed by atoms with Crippen LogP contribution in [0.3, 0.4) is 0 Å². The lowest BCUT2D eigenvalue weighted by Crippen LogP contribution is -2.39. The van der Waals surface area contributed by atoms with Gasteiger partial charge in [-0.2, -0.15) is 0 Å². The molecule has 0 saturated carbocycles. The average Bonchev–Trinajstić information content (AvgIpc) is 3.42. The van der Waals surface area contributed by atoms with Crippen molar-refractivity contribution >= 4 is 16.9 Å². The zero-order chi connectivity index (χ0) is 20.5. The summed E-state index contributed by atoms with van der Waals surface area (Å²) in [4.78, 5) is 23.8. The van der Waals surface area contributed by atoms with Crippen molar-refractivity contribution in [2.24, 2.45) is 0 Å². The number of imidazole rings is 1. The number of furan rings is 1. The number of aryl methyl sites for hydroxylation is 1. The second-order valence-electron chi connectivity index (χ2n) is 7.96. The summed E-state index contributed by atoms with van der Waals surface area (Å²) < 4.78 is 8.10.